The van der Waals surface area contributed by atoms with Gasteiger partial charge in [-0.3, -0.25) is 4.98 Å². The van der Waals surface area contributed by atoms with E-state index in [9.17, 15) is 13.2 Å². The molecule has 0 fully saturated rings. The van der Waals surface area contributed by atoms with Crippen LogP contribution in [0, 0.1) is 6.92 Å². The van der Waals surface area contributed by atoms with Crippen molar-refractivity contribution in [3.8, 4) is 0 Å². The Labute approximate surface area is 127 Å². The molecule has 1 N–H and O–H groups in total. The van der Waals surface area contributed by atoms with Crippen LogP contribution in [0.3, 0.4) is 0 Å². The summed E-state index contributed by atoms with van der Waals surface area (Å²) in [5.74, 6) is 0. The number of aromatic nitrogens is 1. The van der Waals surface area contributed by atoms with Crippen molar-refractivity contribution in [2.24, 2.45) is 0 Å². The van der Waals surface area contributed by atoms with Crippen molar-refractivity contribution >= 4 is 22.2 Å². The lowest BCUT2D eigenvalue weighted by atomic mass is 9.87. The van der Waals surface area contributed by atoms with E-state index in [1.54, 1.807) is 6.07 Å². The molecule has 3 rings (SSSR count). The molecule has 2 nitrogen and oxygen atoms in total. The summed E-state index contributed by atoms with van der Waals surface area (Å²) in [4.78, 5) is 4.18. The lowest BCUT2D eigenvalue weighted by Crippen LogP contribution is -2.32. The summed E-state index contributed by atoms with van der Waals surface area (Å²) >= 11 is 0. The number of fused-ring (bicyclic) bond motifs is 2. The third-order valence-corrected chi connectivity index (χ3v) is 4.03. The van der Waals surface area contributed by atoms with Gasteiger partial charge in [-0.05, 0) is 51.0 Å². The minimum Gasteiger partial charge on any atom is -0.376 e. The first-order valence-corrected chi connectivity index (χ1v) is 7.08. The molecular weight excluding hydrogens is 289 g/mol. The quantitative estimate of drug-likeness (QED) is 0.726. The van der Waals surface area contributed by atoms with Crippen LogP contribution in [0.1, 0.15) is 37.5 Å². The predicted octanol–water partition coefficient (Wildman–Crippen LogP) is 5.17. The minimum atomic E-state index is -4.39. The Balaban J connectivity index is 2.39. The van der Waals surface area contributed by atoms with Gasteiger partial charge in [0.25, 0.3) is 0 Å². The molecule has 0 spiro atoms. The number of allylic oxidation sites excluding steroid dienone is 1. The molecule has 0 saturated carbocycles. The van der Waals surface area contributed by atoms with Crippen molar-refractivity contribution in [3.05, 3.63) is 41.1 Å². The van der Waals surface area contributed by atoms with E-state index >= 15 is 0 Å². The van der Waals surface area contributed by atoms with Crippen LogP contribution in [0.5, 0.6) is 0 Å². The molecule has 0 unspecified atom stereocenters. The van der Waals surface area contributed by atoms with Crippen LogP contribution in [0.4, 0.5) is 18.9 Å². The van der Waals surface area contributed by atoms with Gasteiger partial charge < -0.3 is 5.32 Å². The van der Waals surface area contributed by atoms with E-state index < -0.39 is 11.7 Å². The fourth-order valence-electron chi connectivity index (χ4n) is 3.15. The number of rotatable bonds is 0. The highest BCUT2D eigenvalue weighted by Crippen LogP contribution is 2.42. The van der Waals surface area contributed by atoms with Crippen LogP contribution in [0.25, 0.3) is 16.5 Å². The Morgan fingerprint density at radius 2 is 1.86 bits per heavy atom. The second-order valence-electron chi connectivity index (χ2n) is 6.35. The summed E-state index contributed by atoms with van der Waals surface area (Å²) < 4.78 is 39.7. The number of hydrogen-bond acceptors (Lipinski definition) is 2. The molecule has 0 atom stereocenters. The Kier molecular flexibility index (Phi) is 3.03. The van der Waals surface area contributed by atoms with E-state index in [4.69, 9.17) is 0 Å². The van der Waals surface area contributed by atoms with Gasteiger partial charge in [0.1, 0.15) is 0 Å². The van der Waals surface area contributed by atoms with Crippen molar-refractivity contribution in [1.82, 2.24) is 4.98 Å². The van der Waals surface area contributed by atoms with Crippen LogP contribution in [0.2, 0.25) is 0 Å². The predicted molar refractivity (Wildman–Crippen MR) is 82.8 cm³/mol. The van der Waals surface area contributed by atoms with Crippen molar-refractivity contribution in [1.29, 1.82) is 0 Å². The van der Waals surface area contributed by atoms with Gasteiger partial charge >= 0.3 is 6.18 Å². The van der Waals surface area contributed by atoms with E-state index in [1.807, 2.05) is 33.8 Å². The largest absolute Gasteiger partial charge is 0.417 e. The van der Waals surface area contributed by atoms with Gasteiger partial charge in [0.15, 0.2) is 0 Å². The Morgan fingerprint density at radius 1 is 1.18 bits per heavy atom. The number of alkyl halides is 3. The number of halogens is 3. The summed E-state index contributed by atoms with van der Waals surface area (Å²) in [5.41, 5.74) is 2.91. The molecule has 116 valence electrons. The number of anilines is 1. The average Bonchev–Trinajstić information content (AvgIpc) is 2.38. The zero-order valence-corrected chi connectivity index (χ0v) is 12.9. The first-order chi connectivity index (χ1) is 10.1. The average molecular weight is 306 g/mol. The van der Waals surface area contributed by atoms with Gasteiger partial charge in [-0.2, -0.15) is 13.2 Å². The molecule has 1 aliphatic rings. The zero-order chi connectivity index (χ0) is 16.3. The Bertz CT molecular complexity index is 802. The molecule has 5 heteroatoms. The van der Waals surface area contributed by atoms with Gasteiger partial charge in [-0.1, -0.05) is 6.08 Å². The first-order valence-electron chi connectivity index (χ1n) is 7.08. The molecule has 0 saturated heterocycles. The molecule has 0 bridgehead atoms. The SMILES string of the molecule is CC1=CC(C)(C)Nc2c1cc1c(C(F)(F)F)ccnc1c2C. The van der Waals surface area contributed by atoms with Crippen LogP contribution in [-0.2, 0) is 6.18 Å². The second-order valence-corrected chi connectivity index (χ2v) is 6.35. The normalized spacial score (nSPS) is 17.0. The van der Waals surface area contributed by atoms with Crippen LogP contribution in [-0.4, -0.2) is 10.5 Å². The summed E-state index contributed by atoms with van der Waals surface area (Å²) in [6, 6.07) is 2.63. The summed E-state index contributed by atoms with van der Waals surface area (Å²) in [6.07, 6.45) is -1.13. The fourth-order valence-corrected chi connectivity index (χ4v) is 3.15. The molecule has 1 aliphatic heterocycles. The van der Waals surface area contributed by atoms with E-state index in [0.29, 0.717) is 5.52 Å². The van der Waals surface area contributed by atoms with E-state index in [1.165, 1.54) is 6.20 Å². The van der Waals surface area contributed by atoms with Gasteiger partial charge in [-0.15, -0.1) is 0 Å². The molecular formula is C17H17F3N2. The Morgan fingerprint density at radius 3 is 2.50 bits per heavy atom. The van der Waals surface area contributed by atoms with Gasteiger partial charge in [-0.25, -0.2) is 0 Å². The number of hydrogen-bond donors (Lipinski definition) is 1. The second kappa shape index (κ2) is 4.48. The first kappa shape index (κ1) is 14.9. The highest BCUT2D eigenvalue weighted by Gasteiger charge is 2.34. The summed E-state index contributed by atoms with van der Waals surface area (Å²) in [6.45, 7) is 7.80. The third-order valence-electron chi connectivity index (χ3n) is 4.03. The summed E-state index contributed by atoms with van der Waals surface area (Å²) in [5, 5.41) is 3.54. The fraction of sp³-hybridized carbons (Fsp3) is 0.353. The lowest BCUT2D eigenvalue weighted by molar-refractivity contribution is -0.136. The molecule has 0 radical (unpaired) electrons. The molecule has 2 heterocycles. The monoisotopic (exact) mass is 306 g/mol. The molecule has 22 heavy (non-hydrogen) atoms. The Hall–Kier alpha value is -2.04. The van der Waals surface area contributed by atoms with E-state index in [0.717, 1.165) is 28.5 Å². The van der Waals surface area contributed by atoms with E-state index in [2.05, 4.69) is 10.3 Å². The van der Waals surface area contributed by atoms with Gasteiger partial charge in [0.05, 0.1) is 16.6 Å². The molecule has 0 aliphatic carbocycles. The number of pyridine rings is 1. The standard InChI is InChI=1S/C17H17F3N2/c1-9-8-16(3,4)22-15-10(2)14-12(7-11(9)15)13(5-6-21-14)17(18,19)20/h5-8,22H,1-4H3. The number of aryl methyl sites for hydroxylation is 1. The lowest BCUT2D eigenvalue weighted by Gasteiger charge is -2.33. The number of nitrogens with zero attached hydrogens (tertiary/aromatic N) is 1. The van der Waals surface area contributed by atoms with Crippen LogP contribution in [0.15, 0.2) is 24.4 Å². The number of nitrogens with one attached hydrogen (secondary N) is 1. The van der Waals surface area contributed by atoms with E-state index in [-0.39, 0.29) is 10.9 Å². The maximum Gasteiger partial charge on any atom is 0.417 e. The third kappa shape index (κ3) is 2.25. The summed E-state index contributed by atoms with van der Waals surface area (Å²) in [7, 11) is 0. The van der Waals surface area contributed by atoms with Crippen molar-refractivity contribution in [2.45, 2.75) is 39.4 Å². The topological polar surface area (TPSA) is 24.9 Å². The smallest absolute Gasteiger partial charge is 0.376 e. The molecule has 0 amide bonds. The molecule has 1 aromatic carbocycles. The molecule has 2 aromatic rings. The minimum absolute atomic E-state index is 0.153. The van der Waals surface area contributed by atoms with Crippen molar-refractivity contribution in [3.63, 3.8) is 0 Å². The van der Waals surface area contributed by atoms with Crippen LogP contribution < -0.4 is 5.32 Å². The number of benzene rings is 1. The van der Waals surface area contributed by atoms with Crippen molar-refractivity contribution in [2.75, 3.05) is 5.32 Å². The molecule has 1 aromatic heterocycles. The van der Waals surface area contributed by atoms with Crippen LogP contribution >= 0.6 is 0 Å². The maximum absolute atomic E-state index is 13.2. The van der Waals surface area contributed by atoms with Gasteiger partial charge in [0.2, 0.25) is 0 Å². The van der Waals surface area contributed by atoms with Crippen molar-refractivity contribution < 1.29 is 13.2 Å². The maximum atomic E-state index is 13.2. The highest BCUT2D eigenvalue weighted by molar-refractivity contribution is 5.96. The zero-order valence-electron chi connectivity index (χ0n) is 12.9. The highest BCUT2D eigenvalue weighted by atomic mass is 19.4. The van der Waals surface area contributed by atoms with Gasteiger partial charge in [0, 0.05) is 22.8 Å².